The molecule has 9 nitrogen and oxygen atoms in total. The lowest BCUT2D eigenvalue weighted by atomic mass is 9.88. The molecule has 1 aliphatic heterocycles. The van der Waals surface area contributed by atoms with Gasteiger partial charge in [0.1, 0.15) is 23.0 Å². The Bertz CT molecular complexity index is 1400. The average molecular weight is 496 g/mol. The van der Waals surface area contributed by atoms with Crippen LogP contribution in [0, 0.1) is 11.3 Å². The highest BCUT2D eigenvalue weighted by molar-refractivity contribution is 6.07. The number of nitrogen functional groups attached to an aromatic ring is 1. The molecule has 4 N–H and O–H groups in total. The van der Waals surface area contributed by atoms with Crippen molar-refractivity contribution in [1.29, 1.82) is 5.41 Å². The minimum atomic E-state index is -0.116. The number of carbonyl (C=O) groups is 1. The Hall–Kier alpha value is -4.66. The van der Waals surface area contributed by atoms with E-state index < -0.39 is 0 Å². The third-order valence-corrected chi connectivity index (χ3v) is 6.53. The molecule has 5 rings (SSSR count). The molecule has 1 atom stereocenters. The number of imidazole rings is 1. The van der Waals surface area contributed by atoms with Crippen molar-refractivity contribution in [2.75, 3.05) is 24.1 Å². The average Bonchev–Trinajstić information content (AvgIpc) is 3.36. The molecule has 3 heterocycles. The zero-order valence-corrected chi connectivity index (χ0v) is 20.6. The first-order valence-electron chi connectivity index (χ1n) is 12.2. The van der Waals surface area contributed by atoms with Crippen LogP contribution in [0.15, 0.2) is 79.4 Å². The molecule has 1 fully saturated rings. The molecule has 1 amide bonds. The van der Waals surface area contributed by atoms with Crippen molar-refractivity contribution >= 4 is 28.8 Å². The summed E-state index contributed by atoms with van der Waals surface area (Å²) in [6, 6.07) is 18.9. The SMILES string of the molecule is Cn1cncc1C(=O)N1CCC[C@@H](C(=N)c2ccnc(N)c2Nc2ccc(Oc3ccccc3)cc2)C1. The first-order valence-corrected chi connectivity index (χ1v) is 12.2. The summed E-state index contributed by atoms with van der Waals surface area (Å²) in [6.45, 7) is 1.13. The summed E-state index contributed by atoms with van der Waals surface area (Å²) < 4.78 is 7.60. The molecular weight excluding hydrogens is 466 g/mol. The van der Waals surface area contributed by atoms with Gasteiger partial charge in [0.05, 0.1) is 18.2 Å². The van der Waals surface area contributed by atoms with E-state index in [1.165, 1.54) is 0 Å². The Balaban J connectivity index is 1.32. The maximum absolute atomic E-state index is 13.0. The number of para-hydroxylation sites is 1. The Labute approximate surface area is 215 Å². The summed E-state index contributed by atoms with van der Waals surface area (Å²) in [7, 11) is 1.81. The van der Waals surface area contributed by atoms with E-state index in [2.05, 4.69) is 15.3 Å². The van der Waals surface area contributed by atoms with Crippen molar-refractivity contribution in [3.8, 4) is 11.5 Å². The Morgan fingerprint density at radius 3 is 2.59 bits per heavy atom. The minimum Gasteiger partial charge on any atom is -0.457 e. The zero-order valence-electron chi connectivity index (χ0n) is 20.6. The predicted octanol–water partition coefficient (Wildman–Crippen LogP) is 4.85. The summed E-state index contributed by atoms with van der Waals surface area (Å²) in [5, 5.41) is 12.4. The van der Waals surface area contributed by atoms with Gasteiger partial charge in [-0.15, -0.1) is 0 Å². The third-order valence-electron chi connectivity index (χ3n) is 6.53. The van der Waals surface area contributed by atoms with Crippen molar-refractivity contribution in [3.63, 3.8) is 0 Å². The van der Waals surface area contributed by atoms with E-state index in [0.717, 1.165) is 24.3 Å². The fourth-order valence-corrected chi connectivity index (χ4v) is 4.55. The molecule has 0 spiro atoms. The number of nitrogens with two attached hydrogens (primary N) is 1. The maximum Gasteiger partial charge on any atom is 0.272 e. The van der Waals surface area contributed by atoms with Crippen molar-refractivity contribution in [3.05, 3.63) is 90.6 Å². The number of piperidine rings is 1. The van der Waals surface area contributed by atoms with Gasteiger partial charge < -0.3 is 30.7 Å². The second kappa shape index (κ2) is 10.5. The normalized spacial score (nSPS) is 15.3. The largest absolute Gasteiger partial charge is 0.457 e. The minimum absolute atomic E-state index is 0.0668. The molecule has 2 aromatic carbocycles. The molecule has 0 radical (unpaired) electrons. The number of ether oxygens (including phenoxy) is 1. The van der Waals surface area contributed by atoms with Gasteiger partial charge in [-0.25, -0.2) is 9.97 Å². The number of rotatable bonds is 7. The Morgan fingerprint density at radius 1 is 1.11 bits per heavy atom. The molecule has 37 heavy (non-hydrogen) atoms. The molecule has 0 unspecified atom stereocenters. The number of hydrogen-bond donors (Lipinski definition) is 3. The van der Waals surface area contributed by atoms with Gasteiger partial charge in [0.2, 0.25) is 0 Å². The van der Waals surface area contributed by atoms with Crippen molar-refractivity contribution in [1.82, 2.24) is 19.4 Å². The monoisotopic (exact) mass is 495 g/mol. The highest BCUT2D eigenvalue weighted by atomic mass is 16.5. The molecule has 0 aliphatic carbocycles. The van der Waals surface area contributed by atoms with E-state index >= 15 is 0 Å². The number of nitrogens with zero attached hydrogens (tertiary/aromatic N) is 4. The summed E-state index contributed by atoms with van der Waals surface area (Å²) in [5.41, 5.74) is 9.29. The van der Waals surface area contributed by atoms with Crippen LogP contribution in [-0.2, 0) is 7.05 Å². The molecule has 9 heteroatoms. The number of benzene rings is 2. The molecule has 188 valence electrons. The van der Waals surface area contributed by atoms with Gasteiger partial charge in [0.25, 0.3) is 5.91 Å². The van der Waals surface area contributed by atoms with E-state index in [-0.39, 0.29) is 11.8 Å². The standard InChI is InChI=1S/C28H29N7O2/c1-34-18-31-16-24(34)28(36)35-15-5-6-19(17-35)25(29)23-13-14-32-27(30)26(23)33-20-9-11-22(12-10-20)37-21-7-3-2-4-8-21/h2-4,7-14,16,18-19,29,33H,5-6,15,17H2,1H3,(H2,30,32)/t19-/m1/s1. The summed E-state index contributed by atoms with van der Waals surface area (Å²) in [5.74, 6) is 1.60. The number of hydrogen-bond acceptors (Lipinski definition) is 7. The van der Waals surface area contributed by atoms with Gasteiger partial charge in [-0.05, 0) is 55.3 Å². The zero-order chi connectivity index (χ0) is 25.8. The van der Waals surface area contributed by atoms with E-state index in [1.54, 1.807) is 29.4 Å². The number of anilines is 3. The first-order chi connectivity index (χ1) is 18.0. The lowest BCUT2D eigenvalue weighted by molar-refractivity contribution is 0.0693. The summed E-state index contributed by atoms with van der Waals surface area (Å²) >= 11 is 0. The van der Waals surface area contributed by atoms with Crippen LogP contribution in [0.3, 0.4) is 0 Å². The van der Waals surface area contributed by atoms with Crippen LogP contribution >= 0.6 is 0 Å². The number of pyridine rings is 1. The van der Waals surface area contributed by atoms with Crippen molar-refractivity contribution < 1.29 is 9.53 Å². The van der Waals surface area contributed by atoms with E-state index in [1.807, 2.05) is 66.5 Å². The molecule has 1 saturated heterocycles. The quantitative estimate of drug-likeness (QED) is 0.315. The Kier molecular flexibility index (Phi) is 6.85. The second-order valence-electron chi connectivity index (χ2n) is 9.08. The van der Waals surface area contributed by atoms with Crippen LogP contribution in [0.25, 0.3) is 0 Å². The van der Waals surface area contributed by atoms with E-state index in [9.17, 15) is 4.79 Å². The number of carbonyl (C=O) groups excluding carboxylic acids is 1. The molecule has 0 saturated carbocycles. The Morgan fingerprint density at radius 2 is 1.86 bits per heavy atom. The molecule has 2 aromatic heterocycles. The predicted molar refractivity (Wildman–Crippen MR) is 144 cm³/mol. The van der Waals surface area contributed by atoms with Gasteiger partial charge in [-0.1, -0.05) is 18.2 Å². The molecule has 0 bridgehead atoms. The van der Waals surface area contributed by atoms with Gasteiger partial charge in [0, 0.05) is 49.2 Å². The number of nitrogens with one attached hydrogen (secondary N) is 2. The smallest absolute Gasteiger partial charge is 0.272 e. The highest BCUT2D eigenvalue weighted by Gasteiger charge is 2.30. The summed E-state index contributed by atoms with van der Waals surface area (Å²) in [4.78, 5) is 23.1. The summed E-state index contributed by atoms with van der Waals surface area (Å²) in [6.07, 6.45) is 6.46. The van der Waals surface area contributed by atoms with Crippen molar-refractivity contribution in [2.45, 2.75) is 12.8 Å². The van der Waals surface area contributed by atoms with Crippen molar-refractivity contribution in [2.24, 2.45) is 13.0 Å². The van der Waals surface area contributed by atoms with Crippen LogP contribution < -0.4 is 15.8 Å². The van der Waals surface area contributed by atoms with Crippen LogP contribution in [0.4, 0.5) is 17.2 Å². The number of likely N-dealkylation sites (tertiary alicyclic amines) is 1. The molecule has 1 aliphatic rings. The number of aromatic nitrogens is 3. The second-order valence-corrected chi connectivity index (χ2v) is 9.08. The highest BCUT2D eigenvalue weighted by Crippen LogP contribution is 2.31. The van der Waals surface area contributed by atoms with E-state index in [4.69, 9.17) is 15.9 Å². The van der Waals surface area contributed by atoms with Crippen LogP contribution in [-0.4, -0.2) is 44.1 Å². The third kappa shape index (κ3) is 5.30. The van der Waals surface area contributed by atoms with Crippen LogP contribution in [0.5, 0.6) is 11.5 Å². The van der Waals surface area contributed by atoms with Crippen LogP contribution in [0.1, 0.15) is 28.9 Å². The van der Waals surface area contributed by atoms with Gasteiger partial charge in [-0.2, -0.15) is 0 Å². The maximum atomic E-state index is 13.0. The fraction of sp³-hybridized carbons (Fsp3) is 0.214. The lowest BCUT2D eigenvalue weighted by Gasteiger charge is -2.33. The molecule has 4 aromatic rings. The first kappa shape index (κ1) is 24.1. The van der Waals surface area contributed by atoms with E-state index in [0.29, 0.717) is 47.3 Å². The molecular formula is C28H29N7O2. The topological polar surface area (TPSA) is 122 Å². The number of aryl methyl sites for hydroxylation is 1. The van der Waals surface area contributed by atoms with Gasteiger partial charge >= 0.3 is 0 Å². The van der Waals surface area contributed by atoms with Crippen LogP contribution in [0.2, 0.25) is 0 Å². The van der Waals surface area contributed by atoms with Gasteiger partial charge in [0.15, 0.2) is 0 Å². The lowest BCUT2D eigenvalue weighted by Crippen LogP contribution is -2.43. The number of amides is 1. The van der Waals surface area contributed by atoms with Gasteiger partial charge in [-0.3, -0.25) is 4.79 Å². The fourth-order valence-electron chi connectivity index (χ4n) is 4.55.